The summed E-state index contributed by atoms with van der Waals surface area (Å²) in [6.07, 6.45) is 5.54. The van der Waals surface area contributed by atoms with Crippen LogP contribution in [0.3, 0.4) is 0 Å². The molecule has 0 aromatic carbocycles. The lowest BCUT2D eigenvalue weighted by Gasteiger charge is -2.19. The van der Waals surface area contributed by atoms with Crippen molar-refractivity contribution in [2.24, 2.45) is 5.73 Å². The van der Waals surface area contributed by atoms with Gasteiger partial charge in [-0.15, -0.1) is 11.3 Å². The molecule has 1 fully saturated rings. The molecule has 128 valence electrons. The van der Waals surface area contributed by atoms with E-state index in [1.54, 1.807) is 23.3 Å². The highest BCUT2D eigenvalue weighted by atomic mass is 32.1. The number of urea groups is 1. The summed E-state index contributed by atoms with van der Waals surface area (Å²) in [6.45, 7) is 4.10. The van der Waals surface area contributed by atoms with Gasteiger partial charge in [0.15, 0.2) is 5.96 Å². The number of thiazole rings is 1. The molecule has 0 saturated carbocycles. The lowest BCUT2D eigenvalue weighted by molar-refractivity contribution is 0.252. The minimum atomic E-state index is -0.699. The highest BCUT2D eigenvalue weighted by Gasteiger charge is 2.13. The molecule has 1 aromatic heterocycles. The van der Waals surface area contributed by atoms with Crippen LogP contribution in [0.25, 0.3) is 0 Å². The molecule has 23 heavy (non-hydrogen) atoms. The van der Waals surface area contributed by atoms with Gasteiger partial charge in [-0.3, -0.25) is 15.6 Å². The predicted molar refractivity (Wildman–Crippen MR) is 92.6 cm³/mol. The first-order valence-corrected chi connectivity index (χ1v) is 8.94. The fourth-order valence-electron chi connectivity index (χ4n) is 2.65. The fourth-order valence-corrected chi connectivity index (χ4v) is 3.52. The maximum Gasteiger partial charge on any atom is 0.318 e. The molecule has 2 rings (SSSR count). The van der Waals surface area contributed by atoms with E-state index in [9.17, 15) is 4.79 Å². The number of carbonyl (C=O) groups is 1. The number of nitrogens with zero attached hydrogens (tertiary/aromatic N) is 3. The predicted octanol–water partition coefficient (Wildman–Crippen LogP) is 1.60. The number of guanidine groups is 1. The number of aromatic nitrogens is 1. The molecule has 1 aliphatic heterocycles. The SMILES string of the molecule is CN(CCCCc1csc(CN2CCCC2)n1)C(=N)NC(N)=O. The van der Waals surface area contributed by atoms with Crippen LogP contribution in [0, 0.1) is 5.41 Å². The zero-order chi connectivity index (χ0) is 16.7. The van der Waals surface area contributed by atoms with Gasteiger partial charge in [0.1, 0.15) is 5.01 Å². The summed E-state index contributed by atoms with van der Waals surface area (Å²) in [5.41, 5.74) is 6.16. The summed E-state index contributed by atoms with van der Waals surface area (Å²) in [6, 6.07) is -0.699. The summed E-state index contributed by atoms with van der Waals surface area (Å²) in [4.78, 5) is 19.6. The molecule has 7 nitrogen and oxygen atoms in total. The quantitative estimate of drug-likeness (QED) is 0.399. The van der Waals surface area contributed by atoms with Gasteiger partial charge in [0, 0.05) is 19.0 Å². The lowest BCUT2D eigenvalue weighted by Crippen LogP contribution is -2.44. The summed E-state index contributed by atoms with van der Waals surface area (Å²) < 4.78 is 0. The number of nitrogens with one attached hydrogen (secondary N) is 2. The van der Waals surface area contributed by atoms with Gasteiger partial charge in [0.25, 0.3) is 0 Å². The Morgan fingerprint density at radius 3 is 2.91 bits per heavy atom. The average molecular weight is 338 g/mol. The zero-order valence-corrected chi connectivity index (χ0v) is 14.5. The number of hydrogen-bond donors (Lipinski definition) is 3. The van der Waals surface area contributed by atoms with E-state index in [4.69, 9.17) is 16.1 Å². The van der Waals surface area contributed by atoms with E-state index in [0.717, 1.165) is 31.5 Å². The molecular formula is C15H26N6OS. The Labute approximate surface area is 141 Å². The molecule has 2 amide bonds. The Morgan fingerprint density at radius 2 is 2.22 bits per heavy atom. The molecule has 0 unspecified atom stereocenters. The van der Waals surface area contributed by atoms with Crippen molar-refractivity contribution in [2.45, 2.75) is 38.6 Å². The summed E-state index contributed by atoms with van der Waals surface area (Å²) in [5.74, 6) is 0.0408. The molecular weight excluding hydrogens is 312 g/mol. The van der Waals surface area contributed by atoms with Crippen molar-refractivity contribution >= 4 is 23.3 Å². The van der Waals surface area contributed by atoms with Crippen LogP contribution in [0.15, 0.2) is 5.38 Å². The molecule has 8 heteroatoms. The number of primary amides is 1. The van der Waals surface area contributed by atoms with Crippen molar-refractivity contribution in [2.75, 3.05) is 26.7 Å². The maximum absolute atomic E-state index is 10.7. The Balaban J connectivity index is 1.63. The molecule has 0 spiro atoms. The van der Waals surface area contributed by atoms with Crippen molar-refractivity contribution in [1.82, 2.24) is 20.1 Å². The highest BCUT2D eigenvalue weighted by Crippen LogP contribution is 2.17. The van der Waals surface area contributed by atoms with Crippen LogP contribution in [-0.2, 0) is 13.0 Å². The largest absolute Gasteiger partial charge is 0.351 e. The van der Waals surface area contributed by atoms with Crippen LogP contribution in [0.1, 0.15) is 36.4 Å². The number of likely N-dealkylation sites (tertiary alicyclic amines) is 1. The van der Waals surface area contributed by atoms with Crippen molar-refractivity contribution in [3.05, 3.63) is 16.1 Å². The number of unbranched alkanes of at least 4 members (excludes halogenated alkanes) is 1. The third kappa shape index (κ3) is 6.15. The Hall–Kier alpha value is -1.67. The van der Waals surface area contributed by atoms with E-state index in [0.29, 0.717) is 6.54 Å². The first-order chi connectivity index (χ1) is 11.0. The fraction of sp³-hybridized carbons (Fsp3) is 0.667. The monoisotopic (exact) mass is 338 g/mol. The summed E-state index contributed by atoms with van der Waals surface area (Å²) in [7, 11) is 1.77. The number of rotatable bonds is 7. The lowest BCUT2D eigenvalue weighted by atomic mass is 10.2. The van der Waals surface area contributed by atoms with Gasteiger partial charge in [-0.25, -0.2) is 9.78 Å². The summed E-state index contributed by atoms with van der Waals surface area (Å²) >= 11 is 1.75. The first kappa shape index (κ1) is 17.7. The Kier molecular flexibility index (Phi) is 6.79. The normalized spacial score (nSPS) is 14.8. The molecule has 2 heterocycles. The van der Waals surface area contributed by atoms with Gasteiger partial charge < -0.3 is 10.6 Å². The van der Waals surface area contributed by atoms with Crippen LogP contribution in [-0.4, -0.2) is 53.5 Å². The third-order valence-corrected chi connectivity index (χ3v) is 4.84. The van der Waals surface area contributed by atoms with Gasteiger partial charge in [-0.05, 0) is 45.2 Å². The zero-order valence-electron chi connectivity index (χ0n) is 13.7. The van der Waals surface area contributed by atoms with Crippen LogP contribution in [0.2, 0.25) is 0 Å². The van der Waals surface area contributed by atoms with Crippen molar-refractivity contribution < 1.29 is 4.79 Å². The number of aryl methyl sites for hydroxylation is 1. The van der Waals surface area contributed by atoms with E-state index in [-0.39, 0.29) is 5.96 Å². The number of amides is 2. The second-order valence-corrected chi connectivity index (χ2v) is 6.88. The van der Waals surface area contributed by atoms with Gasteiger partial charge in [-0.2, -0.15) is 0 Å². The molecule has 1 aliphatic rings. The number of carbonyl (C=O) groups excluding carboxylic acids is 1. The van der Waals surface area contributed by atoms with Crippen LogP contribution in [0.5, 0.6) is 0 Å². The molecule has 1 aromatic rings. The average Bonchev–Trinajstić information content (AvgIpc) is 3.15. The molecule has 0 bridgehead atoms. The molecule has 0 radical (unpaired) electrons. The third-order valence-electron chi connectivity index (χ3n) is 3.96. The van der Waals surface area contributed by atoms with Gasteiger partial charge >= 0.3 is 6.03 Å². The highest BCUT2D eigenvalue weighted by molar-refractivity contribution is 7.09. The van der Waals surface area contributed by atoms with E-state index in [1.807, 2.05) is 0 Å². The minimum Gasteiger partial charge on any atom is -0.351 e. The van der Waals surface area contributed by atoms with E-state index >= 15 is 0 Å². The van der Waals surface area contributed by atoms with Crippen molar-refractivity contribution in [3.63, 3.8) is 0 Å². The van der Waals surface area contributed by atoms with E-state index in [1.165, 1.54) is 30.9 Å². The molecule has 4 N–H and O–H groups in total. The van der Waals surface area contributed by atoms with Gasteiger partial charge in [-0.1, -0.05) is 0 Å². The Bertz CT molecular complexity index is 526. The Morgan fingerprint density at radius 1 is 1.48 bits per heavy atom. The van der Waals surface area contributed by atoms with E-state index < -0.39 is 6.03 Å². The molecule has 0 aliphatic carbocycles. The van der Waals surface area contributed by atoms with Gasteiger partial charge in [0.05, 0.1) is 12.2 Å². The van der Waals surface area contributed by atoms with Crippen molar-refractivity contribution in [3.8, 4) is 0 Å². The number of hydrogen-bond acceptors (Lipinski definition) is 5. The minimum absolute atomic E-state index is 0.0408. The van der Waals surface area contributed by atoms with Crippen LogP contribution >= 0.6 is 11.3 Å². The van der Waals surface area contributed by atoms with Gasteiger partial charge in [0.2, 0.25) is 0 Å². The van der Waals surface area contributed by atoms with E-state index in [2.05, 4.69) is 15.6 Å². The molecule has 0 atom stereocenters. The first-order valence-electron chi connectivity index (χ1n) is 8.06. The molecule has 1 saturated heterocycles. The van der Waals surface area contributed by atoms with Crippen LogP contribution < -0.4 is 11.1 Å². The topological polar surface area (TPSA) is 98.3 Å². The van der Waals surface area contributed by atoms with Crippen LogP contribution in [0.4, 0.5) is 4.79 Å². The second kappa shape index (κ2) is 8.83. The maximum atomic E-state index is 10.7. The number of nitrogens with two attached hydrogens (primary N) is 1. The second-order valence-electron chi connectivity index (χ2n) is 5.93. The standard InChI is InChI=1S/C15H26N6OS/c1-20(14(16)19-15(17)22)7-3-2-6-12-11-23-13(18-12)10-21-8-4-5-9-21/h11H,2-10H2,1H3,(H4,16,17,19,22). The van der Waals surface area contributed by atoms with Crippen molar-refractivity contribution in [1.29, 1.82) is 5.41 Å². The summed E-state index contributed by atoms with van der Waals surface area (Å²) in [5, 5.41) is 13.3. The smallest absolute Gasteiger partial charge is 0.318 e.